The zero-order chi connectivity index (χ0) is 18.5. The van der Waals surface area contributed by atoms with Crippen molar-refractivity contribution in [1.29, 1.82) is 0 Å². The fourth-order valence-corrected chi connectivity index (χ4v) is 2.27. The molecule has 0 aliphatic heterocycles. The molecule has 2 aromatic rings. The van der Waals surface area contributed by atoms with Gasteiger partial charge in [0.15, 0.2) is 0 Å². The quantitative estimate of drug-likeness (QED) is 0.422. The first-order valence-electron chi connectivity index (χ1n) is 6.99. The Morgan fingerprint density at radius 3 is 2.00 bits per heavy atom. The Bertz CT molecular complexity index is 812. The van der Waals surface area contributed by atoms with E-state index >= 15 is 0 Å². The Balaban J connectivity index is 1.89. The Labute approximate surface area is 142 Å². The smallest absolute Gasteiger partial charge is 0.493 e. The fraction of sp³-hybridized carbons (Fsp3) is 0.188. The number of alkyl halides is 3. The van der Waals surface area contributed by atoms with Gasteiger partial charge in [-0.1, -0.05) is 12.1 Å². The molecular weight excluding hydrogens is 361 g/mol. The van der Waals surface area contributed by atoms with Gasteiger partial charge in [0.25, 0.3) is 0 Å². The van der Waals surface area contributed by atoms with Crippen LogP contribution in [0.4, 0.5) is 13.2 Å². The summed E-state index contributed by atoms with van der Waals surface area (Å²) in [5.41, 5.74) is -4.23. The van der Waals surface area contributed by atoms with Crippen molar-refractivity contribution in [3.8, 4) is 11.5 Å². The minimum absolute atomic E-state index is 0.293. The lowest BCUT2D eigenvalue weighted by Gasteiger charge is -2.10. The van der Waals surface area contributed by atoms with E-state index in [1.807, 2.05) is 0 Å². The summed E-state index contributed by atoms with van der Waals surface area (Å²) in [4.78, 5) is 10.5. The highest BCUT2D eigenvalue weighted by atomic mass is 32.2. The highest BCUT2D eigenvalue weighted by Gasteiger charge is 2.48. The van der Waals surface area contributed by atoms with Gasteiger partial charge in [0, 0.05) is 12.0 Å². The molecule has 0 aliphatic rings. The highest BCUT2D eigenvalue weighted by molar-refractivity contribution is 7.88. The molecule has 0 N–H and O–H groups in total. The van der Waals surface area contributed by atoms with E-state index in [1.54, 1.807) is 24.3 Å². The van der Waals surface area contributed by atoms with Crippen LogP contribution in [0.15, 0.2) is 48.5 Å². The standard InChI is InChI=1S/C16H13F3O5S/c17-16(18,19)25(21,22)24-15-7-1-12(2-8-15)9-10-23-14-5-3-13(11-20)4-6-14/h1-8,11H,9-10H2. The molecule has 0 atom stereocenters. The minimum Gasteiger partial charge on any atom is -0.493 e. The van der Waals surface area contributed by atoms with Crippen molar-refractivity contribution in [2.45, 2.75) is 11.9 Å². The number of benzene rings is 2. The average molecular weight is 374 g/mol. The number of hydrogen-bond donors (Lipinski definition) is 0. The third-order valence-electron chi connectivity index (χ3n) is 3.09. The van der Waals surface area contributed by atoms with Gasteiger partial charge in [0.05, 0.1) is 6.61 Å². The Kier molecular flexibility index (Phi) is 5.68. The van der Waals surface area contributed by atoms with Crippen molar-refractivity contribution in [2.75, 3.05) is 6.61 Å². The van der Waals surface area contributed by atoms with E-state index < -0.39 is 21.4 Å². The van der Waals surface area contributed by atoms with Gasteiger partial charge in [-0.2, -0.15) is 21.6 Å². The molecule has 0 amide bonds. The predicted molar refractivity (Wildman–Crippen MR) is 83.1 cm³/mol. The van der Waals surface area contributed by atoms with Gasteiger partial charge in [-0.05, 0) is 42.0 Å². The zero-order valence-corrected chi connectivity index (χ0v) is 13.5. The first-order chi connectivity index (χ1) is 11.7. The number of aldehydes is 1. The Morgan fingerprint density at radius 1 is 0.920 bits per heavy atom. The van der Waals surface area contributed by atoms with Gasteiger partial charge in [-0.3, -0.25) is 4.79 Å². The summed E-state index contributed by atoms with van der Waals surface area (Å²) < 4.78 is 67.9. The van der Waals surface area contributed by atoms with Crippen molar-refractivity contribution in [2.24, 2.45) is 0 Å². The van der Waals surface area contributed by atoms with E-state index in [4.69, 9.17) is 4.74 Å². The van der Waals surface area contributed by atoms with E-state index in [9.17, 15) is 26.4 Å². The summed E-state index contributed by atoms with van der Waals surface area (Å²) in [7, 11) is -5.67. The molecule has 0 radical (unpaired) electrons. The second-order valence-corrected chi connectivity index (χ2v) is 6.45. The molecule has 25 heavy (non-hydrogen) atoms. The van der Waals surface area contributed by atoms with Gasteiger partial charge in [0.2, 0.25) is 0 Å². The van der Waals surface area contributed by atoms with E-state index in [2.05, 4.69) is 4.18 Å². The van der Waals surface area contributed by atoms with Crippen LogP contribution in [0.25, 0.3) is 0 Å². The number of ether oxygens (including phenoxy) is 1. The minimum atomic E-state index is -5.67. The van der Waals surface area contributed by atoms with Gasteiger partial charge in [-0.25, -0.2) is 0 Å². The maximum absolute atomic E-state index is 12.2. The second kappa shape index (κ2) is 7.56. The third kappa shape index (κ3) is 5.21. The van der Waals surface area contributed by atoms with Crippen LogP contribution in [0.2, 0.25) is 0 Å². The molecule has 0 saturated carbocycles. The molecule has 0 aromatic heterocycles. The fourth-order valence-electron chi connectivity index (χ4n) is 1.81. The summed E-state index contributed by atoms with van der Waals surface area (Å²) in [5.74, 6) is 0.147. The van der Waals surface area contributed by atoms with Crippen molar-refractivity contribution in [3.63, 3.8) is 0 Å². The molecule has 0 saturated heterocycles. The van der Waals surface area contributed by atoms with Crippen LogP contribution in [-0.2, 0) is 16.5 Å². The van der Waals surface area contributed by atoms with Crippen LogP contribution >= 0.6 is 0 Å². The number of halogens is 3. The largest absolute Gasteiger partial charge is 0.534 e. The molecule has 9 heteroatoms. The SMILES string of the molecule is O=Cc1ccc(OCCc2ccc(OS(=O)(=O)C(F)(F)F)cc2)cc1. The molecule has 0 unspecified atom stereocenters. The summed E-state index contributed by atoms with van der Waals surface area (Å²) in [6, 6.07) is 11.7. The van der Waals surface area contributed by atoms with E-state index in [1.165, 1.54) is 12.1 Å². The highest BCUT2D eigenvalue weighted by Crippen LogP contribution is 2.27. The molecule has 0 aliphatic carbocycles. The van der Waals surface area contributed by atoms with Crippen LogP contribution in [0.1, 0.15) is 15.9 Å². The molecule has 0 fully saturated rings. The molecule has 2 aromatic carbocycles. The molecule has 134 valence electrons. The van der Waals surface area contributed by atoms with Crippen molar-refractivity contribution < 1.29 is 35.3 Å². The maximum Gasteiger partial charge on any atom is 0.534 e. The number of carbonyl (C=O) groups excluding carboxylic acids is 1. The number of carbonyl (C=O) groups is 1. The topological polar surface area (TPSA) is 69.7 Å². The molecule has 5 nitrogen and oxygen atoms in total. The van der Waals surface area contributed by atoms with Crippen LogP contribution in [0.5, 0.6) is 11.5 Å². The van der Waals surface area contributed by atoms with Crippen molar-refractivity contribution in [1.82, 2.24) is 0 Å². The number of rotatable bonds is 7. The van der Waals surface area contributed by atoms with Crippen LogP contribution in [-0.4, -0.2) is 26.8 Å². The summed E-state index contributed by atoms with van der Waals surface area (Å²) >= 11 is 0. The van der Waals surface area contributed by atoms with E-state index in [0.717, 1.165) is 17.7 Å². The third-order valence-corrected chi connectivity index (χ3v) is 4.07. The van der Waals surface area contributed by atoms with Crippen molar-refractivity contribution >= 4 is 16.4 Å². The zero-order valence-electron chi connectivity index (χ0n) is 12.7. The van der Waals surface area contributed by atoms with Crippen molar-refractivity contribution in [3.05, 3.63) is 59.7 Å². The summed E-state index contributed by atoms with van der Waals surface area (Å²) in [6.07, 6.45) is 1.16. The Morgan fingerprint density at radius 2 is 1.48 bits per heavy atom. The normalized spacial score (nSPS) is 11.8. The van der Waals surface area contributed by atoms with Gasteiger partial charge < -0.3 is 8.92 Å². The van der Waals surface area contributed by atoms with Gasteiger partial charge in [0.1, 0.15) is 17.8 Å². The molecule has 0 spiro atoms. The lowest BCUT2D eigenvalue weighted by Crippen LogP contribution is -2.28. The van der Waals surface area contributed by atoms with E-state index in [0.29, 0.717) is 30.6 Å². The lowest BCUT2D eigenvalue weighted by molar-refractivity contribution is -0.0500. The first-order valence-corrected chi connectivity index (χ1v) is 8.40. The summed E-state index contributed by atoms with van der Waals surface area (Å²) in [6.45, 7) is 0.293. The molecule has 0 bridgehead atoms. The van der Waals surface area contributed by atoms with Crippen LogP contribution in [0, 0.1) is 0 Å². The van der Waals surface area contributed by atoms with Gasteiger partial charge >= 0.3 is 15.6 Å². The maximum atomic E-state index is 12.2. The molecular formula is C16H13F3O5S. The van der Waals surface area contributed by atoms with Gasteiger partial charge in [-0.15, -0.1) is 0 Å². The monoisotopic (exact) mass is 374 g/mol. The lowest BCUT2D eigenvalue weighted by atomic mass is 10.1. The van der Waals surface area contributed by atoms with Crippen LogP contribution in [0.3, 0.4) is 0 Å². The molecule has 2 rings (SSSR count). The second-order valence-electron chi connectivity index (χ2n) is 4.91. The first kappa shape index (κ1) is 18.8. The van der Waals surface area contributed by atoms with Crippen LogP contribution < -0.4 is 8.92 Å². The Hall–Kier alpha value is -2.55. The summed E-state index contributed by atoms with van der Waals surface area (Å²) in [5, 5.41) is 0. The molecule has 0 heterocycles. The average Bonchev–Trinajstić information content (AvgIpc) is 2.56. The predicted octanol–water partition coefficient (Wildman–Crippen LogP) is 3.35. The number of hydrogen-bond acceptors (Lipinski definition) is 5. The van der Waals surface area contributed by atoms with E-state index in [-0.39, 0.29) is 0 Å².